The van der Waals surface area contributed by atoms with Crippen molar-refractivity contribution >= 4 is 33.2 Å². The second-order valence-electron chi connectivity index (χ2n) is 4.48. The van der Waals surface area contributed by atoms with E-state index in [1.54, 1.807) is 0 Å². The summed E-state index contributed by atoms with van der Waals surface area (Å²) in [5.74, 6) is 0.196. The highest BCUT2D eigenvalue weighted by Crippen LogP contribution is 2.28. The molecule has 0 unspecified atom stereocenters. The number of nitrogens with zero attached hydrogens (tertiary/aromatic N) is 1. The van der Waals surface area contributed by atoms with E-state index in [4.69, 9.17) is 0 Å². The van der Waals surface area contributed by atoms with Crippen molar-refractivity contribution in [1.82, 2.24) is 4.90 Å². The van der Waals surface area contributed by atoms with E-state index in [2.05, 4.69) is 27.8 Å². The zero-order valence-electron chi connectivity index (χ0n) is 10.1. The topological polar surface area (TPSA) is 20.3 Å². The van der Waals surface area contributed by atoms with Crippen LogP contribution in [0.15, 0.2) is 15.9 Å². The van der Waals surface area contributed by atoms with E-state index in [1.807, 2.05) is 11.4 Å². The molecule has 2 nitrogen and oxygen atoms in total. The smallest absolute Gasteiger partial charge is 0.265 e. The van der Waals surface area contributed by atoms with E-state index in [0.29, 0.717) is 6.04 Å². The van der Waals surface area contributed by atoms with Gasteiger partial charge in [-0.05, 0) is 47.1 Å². The van der Waals surface area contributed by atoms with Crippen LogP contribution in [0.4, 0.5) is 0 Å². The third-order valence-corrected chi connectivity index (χ3v) is 5.25. The zero-order valence-corrected chi connectivity index (χ0v) is 12.5. The van der Waals surface area contributed by atoms with Gasteiger partial charge in [0.25, 0.3) is 5.91 Å². The molecular formula is C13H18BrNOS. The highest BCUT2D eigenvalue weighted by molar-refractivity contribution is 9.10. The molecule has 1 heterocycles. The van der Waals surface area contributed by atoms with Crippen LogP contribution in [0.3, 0.4) is 0 Å². The summed E-state index contributed by atoms with van der Waals surface area (Å²) in [6, 6.07) is 2.40. The van der Waals surface area contributed by atoms with E-state index >= 15 is 0 Å². The standard InChI is InChI=1S/C13H18BrNOS/c1-2-15(10-6-4-3-5-7-10)13(16)12-11(14)8-9-17-12/h8-10H,2-7H2,1H3. The molecule has 1 aliphatic carbocycles. The van der Waals surface area contributed by atoms with E-state index in [9.17, 15) is 4.79 Å². The molecule has 0 spiro atoms. The molecule has 1 fully saturated rings. The molecule has 1 aromatic heterocycles. The number of rotatable bonds is 3. The molecule has 0 N–H and O–H groups in total. The summed E-state index contributed by atoms with van der Waals surface area (Å²) in [5.41, 5.74) is 0. The molecule has 0 radical (unpaired) electrons. The maximum atomic E-state index is 12.5. The molecule has 0 aromatic carbocycles. The van der Waals surface area contributed by atoms with Crippen LogP contribution in [0, 0.1) is 0 Å². The van der Waals surface area contributed by atoms with Crippen LogP contribution >= 0.6 is 27.3 Å². The van der Waals surface area contributed by atoms with Crippen LogP contribution in [0.5, 0.6) is 0 Å². The van der Waals surface area contributed by atoms with Crippen LogP contribution in [0.2, 0.25) is 0 Å². The number of carbonyl (C=O) groups is 1. The van der Waals surface area contributed by atoms with Gasteiger partial charge in [0.15, 0.2) is 0 Å². The first-order valence-corrected chi connectivity index (χ1v) is 7.95. The van der Waals surface area contributed by atoms with E-state index in [0.717, 1.165) is 15.9 Å². The predicted octanol–water partition coefficient (Wildman–Crippen LogP) is 4.31. The SMILES string of the molecule is CCN(C(=O)c1sccc1Br)C1CCCCC1. The van der Waals surface area contributed by atoms with Crippen LogP contribution in [-0.4, -0.2) is 23.4 Å². The van der Waals surface area contributed by atoms with Gasteiger partial charge in [-0.2, -0.15) is 0 Å². The van der Waals surface area contributed by atoms with Crippen molar-refractivity contribution in [2.45, 2.75) is 45.1 Å². The summed E-state index contributed by atoms with van der Waals surface area (Å²) in [6.45, 7) is 2.89. The highest BCUT2D eigenvalue weighted by Gasteiger charge is 2.26. The largest absolute Gasteiger partial charge is 0.335 e. The van der Waals surface area contributed by atoms with Crippen LogP contribution in [0.1, 0.15) is 48.7 Å². The summed E-state index contributed by atoms with van der Waals surface area (Å²) in [4.78, 5) is 15.4. The van der Waals surface area contributed by atoms with Crippen molar-refractivity contribution < 1.29 is 4.79 Å². The third kappa shape index (κ3) is 2.91. The minimum Gasteiger partial charge on any atom is -0.335 e. The molecule has 4 heteroatoms. The van der Waals surface area contributed by atoms with Gasteiger partial charge in [-0.1, -0.05) is 19.3 Å². The average molecular weight is 316 g/mol. The van der Waals surface area contributed by atoms with Gasteiger partial charge in [0, 0.05) is 17.1 Å². The molecule has 17 heavy (non-hydrogen) atoms. The van der Waals surface area contributed by atoms with E-state index in [-0.39, 0.29) is 5.91 Å². The van der Waals surface area contributed by atoms with E-state index < -0.39 is 0 Å². The first-order valence-electron chi connectivity index (χ1n) is 6.28. The van der Waals surface area contributed by atoms with Crippen molar-refractivity contribution in [3.63, 3.8) is 0 Å². The fraction of sp³-hybridized carbons (Fsp3) is 0.615. The lowest BCUT2D eigenvalue weighted by Crippen LogP contribution is -2.41. The molecule has 0 bridgehead atoms. The van der Waals surface area contributed by atoms with Crippen molar-refractivity contribution in [3.8, 4) is 0 Å². The monoisotopic (exact) mass is 315 g/mol. The summed E-state index contributed by atoms with van der Waals surface area (Å²) in [5, 5.41) is 1.96. The van der Waals surface area contributed by atoms with Crippen LogP contribution in [0.25, 0.3) is 0 Å². The molecule has 1 aromatic rings. The van der Waals surface area contributed by atoms with Gasteiger partial charge in [0.1, 0.15) is 4.88 Å². The number of carbonyl (C=O) groups excluding carboxylic acids is 1. The van der Waals surface area contributed by atoms with Gasteiger partial charge < -0.3 is 4.90 Å². The van der Waals surface area contributed by atoms with Crippen LogP contribution in [-0.2, 0) is 0 Å². The maximum absolute atomic E-state index is 12.5. The minimum atomic E-state index is 0.196. The van der Waals surface area contributed by atoms with Crippen molar-refractivity contribution in [1.29, 1.82) is 0 Å². The lowest BCUT2D eigenvalue weighted by molar-refractivity contribution is 0.0652. The van der Waals surface area contributed by atoms with Crippen LogP contribution < -0.4 is 0 Å². The Balaban J connectivity index is 2.12. The molecule has 1 aliphatic rings. The Morgan fingerprint density at radius 3 is 2.71 bits per heavy atom. The second-order valence-corrected chi connectivity index (χ2v) is 6.25. The molecular weight excluding hydrogens is 298 g/mol. The fourth-order valence-electron chi connectivity index (χ4n) is 2.54. The highest BCUT2D eigenvalue weighted by atomic mass is 79.9. The fourth-order valence-corrected chi connectivity index (χ4v) is 4.03. The normalized spacial score (nSPS) is 17.1. The first kappa shape index (κ1) is 13.1. The Morgan fingerprint density at radius 1 is 1.47 bits per heavy atom. The summed E-state index contributed by atoms with van der Waals surface area (Å²) >= 11 is 4.98. The summed E-state index contributed by atoms with van der Waals surface area (Å²) in [7, 11) is 0. The quantitative estimate of drug-likeness (QED) is 0.814. The maximum Gasteiger partial charge on any atom is 0.265 e. The molecule has 0 saturated heterocycles. The average Bonchev–Trinajstić information content (AvgIpc) is 2.77. The van der Waals surface area contributed by atoms with E-state index in [1.165, 1.54) is 43.4 Å². The molecule has 1 saturated carbocycles. The lowest BCUT2D eigenvalue weighted by Gasteiger charge is -2.33. The first-order chi connectivity index (χ1) is 8.24. The van der Waals surface area contributed by atoms with Gasteiger partial charge in [0.2, 0.25) is 0 Å². The van der Waals surface area contributed by atoms with Crippen molar-refractivity contribution in [2.24, 2.45) is 0 Å². The van der Waals surface area contributed by atoms with Gasteiger partial charge in [-0.15, -0.1) is 11.3 Å². The minimum absolute atomic E-state index is 0.196. The number of hydrogen-bond acceptors (Lipinski definition) is 2. The second kappa shape index (κ2) is 6.01. The molecule has 2 rings (SSSR count). The number of halogens is 1. The number of amides is 1. The van der Waals surface area contributed by atoms with Crippen molar-refractivity contribution in [2.75, 3.05) is 6.54 Å². The number of hydrogen-bond donors (Lipinski definition) is 0. The molecule has 94 valence electrons. The number of thiophene rings is 1. The Labute approximate surface area is 115 Å². The molecule has 1 amide bonds. The Bertz CT molecular complexity index is 385. The van der Waals surface area contributed by atoms with Gasteiger partial charge in [-0.25, -0.2) is 0 Å². The Hall–Kier alpha value is -0.350. The summed E-state index contributed by atoms with van der Waals surface area (Å²) in [6.07, 6.45) is 6.19. The molecule has 0 aliphatic heterocycles. The Morgan fingerprint density at radius 2 is 2.18 bits per heavy atom. The Kier molecular flexibility index (Phi) is 4.62. The predicted molar refractivity (Wildman–Crippen MR) is 75.6 cm³/mol. The summed E-state index contributed by atoms with van der Waals surface area (Å²) < 4.78 is 0.932. The van der Waals surface area contributed by atoms with Gasteiger partial charge in [-0.3, -0.25) is 4.79 Å². The lowest BCUT2D eigenvalue weighted by atomic mass is 9.94. The van der Waals surface area contributed by atoms with Gasteiger partial charge >= 0.3 is 0 Å². The third-order valence-electron chi connectivity index (χ3n) is 3.43. The zero-order chi connectivity index (χ0) is 12.3. The molecule has 0 atom stereocenters. The van der Waals surface area contributed by atoms with Crippen molar-refractivity contribution in [3.05, 3.63) is 20.8 Å². The van der Waals surface area contributed by atoms with Gasteiger partial charge in [0.05, 0.1) is 0 Å².